The molecule has 0 bridgehead atoms. The Morgan fingerprint density at radius 2 is 2.13 bits per heavy atom. The number of benzene rings is 1. The van der Waals surface area contributed by atoms with Crippen LogP contribution in [-0.2, 0) is 6.42 Å². The van der Waals surface area contributed by atoms with Gasteiger partial charge in [-0.05, 0) is 17.7 Å². The van der Waals surface area contributed by atoms with Gasteiger partial charge >= 0.3 is 0 Å². The Morgan fingerprint density at radius 1 is 1.20 bits per heavy atom. The van der Waals surface area contributed by atoms with E-state index in [1.807, 2.05) is 18.2 Å². The van der Waals surface area contributed by atoms with Crippen molar-refractivity contribution >= 4 is 0 Å². The molecule has 0 radical (unpaired) electrons. The molecule has 2 heterocycles. The van der Waals surface area contributed by atoms with Gasteiger partial charge in [0.25, 0.3) is 0 Å². The molecule has 0 aliphatic carbocycles. The highest BCUT2D eigenvalue weighted by molar-refractivity contribution is 5.44. The van der Waals surface area contributed by atoms with E-state index >= 15 is 0 Å². The number of hydrogen-bond acceptors (Lipinski definition) is 5. The second-order valence-electron chi connectivity index (χ2n) is 3.20. The van der Waals surface area contributed by atoms with E-state index < -0.39 is 0 Å². The minimum atomic E-state index is 0.291. The van der Waals surface area contributed by atoms with E-state index in [1.165, 1.54) is 6.33 Å². The molecule has 5 nitrogen and oxygen atoms in total. The molecule has 5 heteroatoms. The van der Waals surface area contributed by atoms with Gasteiger partial charge in [0.05, 0.1) is 6.42 Å². The van der Waals surface area contributed by atoms with Crippen LogP contribution in [0.2, 0.25) is 0 Å². The molecule has 1 aliphatic rings. The number of hydrogen-bond donors (Lipinski definition) is 0. The van der Waals surface area contributed by atoms with Crippen LogP contribution in [0.25, 0.3) is 0 Å². The molecule has 0 saturated carbocycles. The van der Waals surface area contributed by atoms with Crippen molar-refractivity contribution in [1.29, 1.82) is 0 Å². The monoisotopic (exact) mass is 204 g/mol. The second kappa shape index (κ2) is 3.27. The van der Waals surface area contributed by atoms with Gasteiger partial charge in [0, 0.05) is 0 Å². The fraction of sp³-hybridized carbons (Fsp3) is 0.200. The van der Waals surface area contributed by atoms with Crippen molar-refractivity contribution in [3.63, 3.8) is 0 Å². The van der Waals surface area contributed by atoms with Crippen molar-refractivity contribution in [3.8, 4) is 11.5 Å². The first-order chi connectivity index (χ1) is 7.42. The summed E-state index contributed by atoms with van der Waals surface area (Å²) >= 11 is 0. The zero-order valence-corrected chi connectivity index (χ0v) is 7.84. The van der Waals surface area contributed by atoms with Gasteiger partial charge in [0.1, 0.15) is 0 Å². The summed E-state index contributed by atoms with van der Waals surface area (Å²) in [5.74, 6) is 2.14. The summed E-state index contributed by atoms with van der Waals surface area (Å²) in [5.41, 5.74) is 1.06. The zero-order valence-electron chi connectivity index (χ0n) is 7.84. The van der Waals surface area contributed by atoms with E-state index in [-0.39, 0.29) is 0 Å². The van der Waals surface area contributed by atoms with Crippen LogP contribution in [0.1, 0.15) is 11.5 Å². The first-order valence-electron chi connectivity index (χ1n) is 4.56. The number of nitrogens with zero attached hydrogens (tertiary/aromatic N) is 2. The summed E-state index contributed by atoms with van der Waals surface area (Å²) in [6.45, 7) is 0.291. The van der Waals surface area contributed by atoms with E-state index in [9.17, 15) is 0 Å². The Kier molecular flexibility index (Phi) is 1.81. The molecule has 0 spiro atoms. The molecule has 0 unspecified atom stereocenters. The normalized spacial score (nSPS) is 13.1. The number of fused-ring (bicyclic) bond motifs is 1. The van der Waals surface area contributed by atoms with Crippen LogP contribution in [0.5, 0.6) is 11.5 Å². The Bertz CT molecular complexity index is 468. The van der Waals surface area contributed by atoms with Gasteiger partial charge in [-0.1, -0.05) is 11.2 Å². The maximum atomic E-state index is 5.27. The standard InChI is InChI=1S/C10H8N2O3/c1-2-8-9(14-6-13-8)3-7(1)4-10-11-5-12-15-10/h1-3,5H,4,6H2. The van der Waals surface area contributed by atoms with Gasteiger partial charge in [0.15, 0.2) is 17.8 Å². The summed E-state index contributed by atoms with van der Waals surface area (Å²) < 4.78 is 15.4. The number of aromatic nitrogens is 2. The number of ether oxygens (including phenoxy) is 2. The van der Waals surface area contributed by atoms with Gasteiger partial charge in [-0.3, -0.25) is 0 Å². The summed E-state index contributed by atoms with van der Waals surface area (Å²) in [7, 11) is 0. The number of rotatable bonds is 2. The lowest BCUT2D eigenvalue weighted by Gasteiger charge is -1.99. The molecule has 1 aliphatic heterocycles. The quantitative estimate of drug-likeness (QED) is 0.739. The van der Waals surface area contributed by atoms with Crippen molar-refractivity contribution < 1.29 is 14.0 Å². The van der Waals surface area contributed by atoms with Crippen molar-refractivity contribution in [2.45, 2.75) is 6.42 Å². The van der Waals surface area contributed by atoms with Crippen LogP contribution in [0.3, 0.4) is 0 Å². The minimum absolute atomic E-state index is 0.291. The Labute approximate surface area is 85.6 Å². The first-order valence-corrected chi connectivity index (χ1v) is 4.56. The van der Waals surface area contributed by atoms with Crippen LogP contribution in [0.15, 0.2) is 29.0 Å². The van der Waals surface area contributed by atoms with E-state index in [0.717, 1.165) is 17.1 Å². The maximum absolute atomic E-state index is 5.27. The van der Waals surface area contributed by atoms with Gasteiger partial charge in [-0.15, -0.1) is 0 Å². The van der Waals surface area contributed by atoms with Gasteiger partial charge < -0.3 is 14.0 Å². The average molecular weight is 204 g/mol. The molecule has 15 heavy (non-hydrogen) atoms. The SMILES string of the molecule is c1noc(Cc2ccc3c(c2)OCO3)n1. The van der Waals surface area contributed by atoms with Crippen LogP contribution in [-0.4, -0.2) is 16.9 Å². The molecule has 1 aromatic carbocycles. The van der Waals surface area contributed by atoms with Crippen LogP contribution < -0.4 is 9.47 Å². The fourth-order valence-electron chi connectivity index (χ4n) is 1.50. The van der Waals surface area contributed by atoms with Crippen molar-refractivity contribution in [3.05, 3.63) is 36.0 Å². The highest BCUT2D eigenvalue weighted by Gasteiger charge is 2.13. The zero-order chi connectivity index (χ0) is 10.1. The fourth-order valence-corrected chi connectivity index (χ4v) is 1.50. The summed E-state index contributed by atoms with van der Waals surface area (Å²) in [4.78, 5) is 3.96. The van der Waals surface area contributed by atoms with Crippen LogP contribution in [0, 0.1) is 0 Å². The van der Waals surface area contributed by atoms with E-state index in [1.54, 1.807) is 0 Å². The molecule has 0 amide bonds. The van der Waals surface area contributed by atoms with Crippen molar-refractivity contribution in [2.24, 2.45) is 0 Å². The molecule has 0 N–H and O–H groups in total. The lowest BCUT2D eigenvalue weighted by molar-refractivity contribution is 0.174. The molecule has 76 valence electrons. The van der Waals surface area contributed by atoms with Crippen molar-refractivity contribution in [1.82, 2.24) is 10.1 Å². The topological polar surface area (TPSA) is 57.4 Å². The summed E-state index contributed by atoms with van der Waals surface area (Å²) in [6.07, 6.45) is 2.00. The van der Waals surface area contributed by atoms with E-state index in [2.05, 4.69) is 10.1 Å². The van der Waals surface area contributed by atoms with E-state index in [4.69, 9.17) is 14.0 Å². The highest BCUT2D eigenvalue weighted by atomic mass is 16.7. The molecule has 3 rings (SSSR count). The second-order valence-corrected chi connectivity index (χ2v) is 3.20. The third-order valence-electron chi connectivity index (χ3n) is 2.20. The molecule has 0 atom stereocenters. The van der Waals surface area contributed by atoms with Crippen molar-refractivity contribution in [2.75, 3.05) is 6.79 Å². The smallest absolute Gasteiger partial charge is 0.231 e. The van der Waals surface area contributed by atoms with Gasteiger partial charge in [0.2, 0.25) is 12.7 Å². The average Bonchev–Trinajstić information content (AvgIpc) is 2.87. The third-order valence-corrected chi connectivity index (χ3v) is 2.20. The predicted molar refractivity (Wildman–Crippen MR) is 49.7 cm³/mol. The molecule has 2 aromatic rings. The lowest BCUT2D eigenvalue weighted by atomic mass is 10.1. The molecule has 1 aromatic heterocycles. The molecule has 0 saturated heterocycles. The Morgan fingerprint density at radius 3 is 3.00 bits per heavy atom. The third kappa shape index (κ3) is 1.52. The molecule has 0 fully saturated rings. The highest BCUT2D eigenvalue weighted by Crippen LogP contribution is 2.32. The lowest BCUT2D eigenvalue weighted by Crippen LogP contribution is -1.93. The summed E-state index contributed by atoms with van der Waals surface area (Å²) in [6, 6.07) is 5.76. The van der Waals surface area contributed by atoms with E-state index in [0.29, 0.717) is 19.1 Å². The van der Waals surface area contributed by atoms with Gasteiger partial charge in [-0.25, -0.2) is 0 Å². The first kappa shape index (κ1) is 8.28. The summed E-state index contributed by atoms with van der Waals surface area (Å²) in [5, 5.41) is 3.55. The predicted octanol–water partition coefficient (Wildman–Crippen LogP) is 1.39. The molecular weight excluding hydrogens is 196 g/mol. The van der Waals surface area contributed by atoms with Crippen LogP contribution >= 0.6 is 0 Å². The maximum Gasteiger partial charge on any atom is 0.231 e. The molecular formula is C10H8N2O3. The Balaban J connectivity index is 1.87. The van der Waals surface area contributed by atoms with Crippen LogP contribution in [0.4, 0.5) is 0 Å². The largest absolute Gasteiger partial charge is 0.454 e. The Hall–Kier alpha value is -2.04. The minimum Gasteiger partial charge on any atom is -0.454 e. The van der Waals surface area contributed by atoms with Gasteiger partial charge in [-0.2, -0.15) is 4.98 Å².